The zero-order chi connectivity index (χ0) is 12.7. The lowest BCUT2D eigenvalue weighted by molar-refractivity contribution is 0.138. The smallest absolute Gasteiger partial charge is 0.413 e. The number of hydrogen-bond acceptors (Lipinski definition) is 4. The Morgan fingerprint density at radius 3 is 2.88 bits per heavy atom. The number of thiocarbonyl (C=S) groups is 1. The van der Waals surface area contributed by atoms with Crippen molar-refractivity contribution < 1.29 is 9.53 Å². The fraction of sp³-hybridized carbons (Fsp3) is 0.364. The topological polar surface area (TPSA) is 63.2 Å². The lowest BCUT2D eigenvalue weighted by atomic mass is 10.2. The van der Waals surface area contributed by atoms with Crippen molar-refractivity contribution in [2.45, 2.75) is 13.8 Å². The lowest BCUT2D eigenvalue weighted by Gasteiger charge is -2.10. The molecule has 0 saturated heterocycles. The molecule has 0 atom stereocenters. The molecule has 1 rings (SSSR count). The first kappa shape index (κ1) is 13.4. The molecule has 1 heterocycles. The van der Waals surface area contributed by atoms with Gasteiger partial charge in [0.2, 0.25) is 0 Å². The predicted octanol–water partition coefficient (Wildman–Crippen LogP) is 2.16. The Hall–Kier alpha value is -1.69. The van der Waals surface area contributed by atoms with Crippen LogP contribution >= 0.6 is 12.2 Å². The minimum absolute atomic E-state index is 0.164. The van der Waals surface area contributed by atoms with Crippen molar-refractivity contribution in [1.29, 1.82) is 0 Å². The van der Waals surface area contributed by atoms with E-state index in [0.29, 0.717) is 12.4 Å². The van der Waals surface area contributed by atoms with Gasteiger partial charge in [0, 0.05) is 6.20 Å². The van der Waals surface area contributed by atoms with Gasteiger partial charge in [0.05, 0.1) is 6.61 Å². The van der Waals surface area contributed by atoms with Crippen molar-refractivity contribution in [3.8, 4) is 0 Å². The minimum Gasteiger partial charge on any atom is -0.449 e. The van der Waals surface area contributed by atoms with Gasteiger partial charge in [0.1, 0.15) is 5.82 Å². The van der Waals surface area contributed by atoms with Gasteiger partial charge in [0.25, 0.3) is 0 Å². The normalized spacial score (nSPS) is 9.82. The summed E-state index contributed by atoms with van der Waals surface area (Å²) in [7, 11) is 0. The molecule has 0 saturated carbocycles. The number of rotatable bonds is 3. The molecule has 1 aromatic rings. The molecule has 0 aliphatic carbocycles. The number of nitrogens with zero attached hydrogens (tertiary/aromatic N) is 1. The average molecular weight is 253 g/mol. The average Bonchev–Trinajstić information content (AvgIpc) is 2.27. The van der Waals surface area contributed by atoms with Gasteiger partial charge < -0.3 is 10.1 Å². The number of nitrogens with one attached hydrogen (secondary N) is 2. The summed E-state index contributed by atoms with van der Waals surface area (Å²) in [6, 6.07) is 5.35. The van der Waals surface area contributed by atoms with Crippen LogP contribution in [0, 0.1) is 5.92 Å². The quantitative estimate of drug-likeness (QED) is 0.808. The third-order valence-corrected chi connectivity index (χ3v) is 1.87. The molecule has 0 spiro atoms. The van der Waals surface area contributed by atoms with Crippen molar-refractivity contribution in [2.75, 3.05) is 11.9 Å². The SMILES string of the molecule is CC(C)COC(=O)NC(=S)Nc1ccccn1. The fourth-order valence-electron chi connectivity index (χ4n) is 0.955. The second-order valence-electron chi connectivity index (χ2n) is 3.79. The first-order valence-corrected chi connectivity index (χ1v) is 5.64. The highest BCUT2D eigenvalue weighted by molar-refractivity contribution is 7.80. The van der Waals surface area contributed by atoms with Crippen molar-refractivity contribution in [2.24, 2.45) is 5.92 Å². The summed E-state index contributed by atoms with van der Waals surface area (Å²) >= 11 is 4.93. The summed E-state index contributed by atoms with van der Waals surface area (Å²) in [5.74, 6) is 0.861. The summed E-state index contributed by atoms with van der Waals surface area (Å²) in [6.45, 7) is 4.27. The Morgan fingerprint density at radius 2 is 2.29 bits per heavy atom. The van der Waals surface area contributed by atoms with E-state index in [4.69, 9.17) is 17.0 Å². The van der Waals surface area contributed by atoms with E-state index in [1.54, 1.807) is 18.3 Å². The molecule has 0 aliphatic rings. The predicted molar refractivity (Wildman–Crippen MR) is 69.8 cm³/mol. The molecule has 0 bridgehead atoms. The number of ether oxygens (including phenoxy) is 1. The van der Waals surface area contributed by atoms with E-state index in [0.717, 1.165) is 0 Å². The third kappa shape index (κ3) is 5.82. The molecular formula is C11H15N3O2S. The Labute approximate surface area is 106 Å². The summed E-state index contributed by atoms with van der Waals surface area (Å²) < 4.78 is 4.91. The van der Waals surface area contributed by atoms with E-state index in [-0.39, 0.29) is 11.0 Å². The molecule has 0 fully saturated rings. The number of amides is 1. The van der Waals surface area contributed by atoms with Crippen LogP contribution in [0.25, 0.3) is 0 Å². The first-order chi connectivity index (χ1) is 8.08. The number of anilines is 1. The number of hydrogen-bond donors (Lipinski definition) is 2. The highest BCUT2D eigenvalue weighted by Crippen LogP contribution is 1.99. The monoisotopic (exact) mass is 253 g/mol. The highest BCUT2D eigenvalue weighted by Gasteiger charge is 2.06. The van der Waals surface area contributed by atoms with Crippen molar-refractivity contribution in [3.05, 3.63) is 24.4 Å². The molecule has 0 aliphatic heterocycles. The molecule has 5 nitrogen and oxygen atoms in total. The Bertz CT molecular complexity index is 382. The number of aromatic nitrogens is 1. The van der Waals surface area contributed by atoms with Crippen molar-refractivity contribution >= 4 is 29.2 Å². The molecule has 17 heavy (non-hydrogen) atoms. The minimum atomic E-state index is -0.563. The first-order valence-electron chi connectivity index (χ1n) is 5.23. The molecule has 0 unspecified atom stereocenters. The highest BCUT2D eigenvalue weighted by atomic mass is 32.1. The Balaban J connectivity index is 2.32. The van der Waals surface area contributed by atoms with E-state index < -0.39 is 6.09 Å². The fourth-order valence-corrected chi connectivity index (χ4v) is 1.14. The van der Waals surface area contributed by atoms with Gasteiger partial charge in [-0.15, -0.1) is 0 Å². The summed E-state index contributed by atoms with van der Waals surface area (Å²) in [6.07, 6.45) is 1.06. The van der Waals surface area contributed by atoms with Gasteiger partial charge in [-0.3, -0.25) is 5.32 Å². The van der Waals surface area contributed by atoms with Gasteiger partial charge in [-0.2, -0.15) is 0 Å². The van der Waals surface area contributed by atoms with Crippen LogP contribution in [0.4, 0.5) is 10.6 Å². The maximum atomic E-state index is 11.3. The molecule has 2 N–H and O–H groups in total. The van der Waals surface area contributed by atoms with Crippen LogP contribution in [-0.4, -0.2) is 22.8 Å². The van der Waals surface area contributed by atoms with Crippen molar-refractivity contribution in [1.82, 2.24) is 10.3 Å². The van der Waals surface area contributed by atoms with E-state index in [9.17, 15) is 4.79 Å². The number of carbonyl (C=O) groups excluding carboxylic acids is 1. The van der Waals surface area contributed by atoms with E-state index >= 15 is 0 Å². The van der Waals surface area contributed by atoms with Crippen LogP contribution in [0.3, 0.4) is 0 Å². The van der Waals surface area contributed by atoms with Crippen molar-refractivity contribution in [3.63, 3.8) is 0 Å². The Kier molecular flexibility index (Phi) is 5.35. The molecule has 92 valence electrons. The molecule has 0 aromatic carbocycles. The Morgan fingerprint density at radius 1 is 1.53 bits per heavy atom. The van der Waals surface area contributed by atoms with Gasteiger partial charge >= 0.3 is 6.09 Å². The van der Waals surface area contributed by atoms with Crippen LogP contribution in [-0.2, 0) is 4.74 Å². The van der Waals surface area contributed by atoms with E-state index in [1.165, 1.54) is 0 Å². The van der Waals surface area contributed by atoms with Gasteiger partial charge in [-0.1, -0.05) is 19.9 Å². The van der Waals surface area contributed by atoms with Crippen LogP contribution in [0.15, 0.2) is 24.4 Å². The number of carbonyl (C=O) groups is 1. The van der Waals surface area contributed by atoms with Crippen LogP contribution in [0.5, 0.6) is 0 Å². The largest absolute Gasteiger partial charge is 0.449 e. The molecule has 1 aromatic heterocycles. The van der Waals surface area contributed by atoms with E-state index in [1.807, 2.05) is 19.9 Å². The molecule has 0 radical (unpaired) electrons. The number of alkyl carbamates (subject to hydrolysis) is 1. The maximum absolute atomic E-state index is 11.3. The zero-order valence-electron chi connectivity index (χ0n) is 9.77. The second-order valence-corrected chi connectivity index (χ2v) is 4.19. The molecular weight excluding hydrogens is 238 g/mol. The maximum Gasteiger partial charge on any atom is 0.413 e. The zero-order valence-corrected chi connectivity index (χ0v) is 10.6. The number of pyridine rings is 1. The second kappa shape index (κ2) is 6.80. The standard InChI is InChI=1S/C11H15N3O2S/c1-8(2)7-16-11(15)14-10(17)13-9-5-3-4-6-12-9/h3-6,8H,7H2,1-2H3,(H2,12,13,14,15,17). The molecule has 1 amide bonds. The van der Waals surface area contributed by atoms with E-state index in [2.05, 4.69) is 15.6 Å². The summed E-state index contributed by atoms with van der Waals surface area (Å²) in [5, 5.41) is 5.34. The van der Waals surface area contributed by atoms with Crippen LogP contribution in [0.2, 0.25) is 0 Å². The van der Waals surface area contributed by atoms with Crippen LogP contribution in [0.1, 0.15) is 13.8 Å². The summed E-state index contributed by atoms with van der Waals surface area (Å²) in [5.41, 5.74) is 0. The van der Waals surface area contributed by atoms with Crippen LogP contribution < -0.4 is 10.6 Å². The van der Waals surface area contributed by atoms with Gasteiger partial charge in [-0.05, 0) is 30.3 Å². The molecule has 6 heteroatoms. The third-order valence-electron chi connectivity index (χ3n) is 1.67. The summed E-state index contributed by atoms with van der Waals surface area (Å²) in [4.78, 5) is 15.3. The lowest BCUT2D eigenvalue weighted by Crippen LogP contribution is -2.35. The van der Waals surface area contributed by atoms with Gasteiger partial charge in [0.15, 0.2) is 5.11 Å². The van der Waals surface area contributed by atoms with Gasteiger partial charge in [-0.25, -0.2) is 9.78 Å².